The fraction of sp³-hybridized carbons (Fsp3) is 0.235. The molecule has 0 unspecified atom stereocenters. The van der Waals surface area contributed by atoms with Gasteiger partial charge in [0, 0.05) is 11.7 Å². The van der Waals surface area contributed by atoms with Gasteiger partial charge in [-0.1, -0.05) is 36.4 Å². The van der Waals surface area contributed by atoms with Crippen LogP contribution in [0.25, 0.3) is 11.1 Å². The van der Waals surface area contributed by atoms with Crippen LogP contribution in [0, 0.1) is 0 Å². The van der Waals surface area contributed by atoms with E-state index in [0.717, 1.165) is 16.8 Å². The van der Waals surface area contributed by atoms with Gasteiger partial charge in [0.05, 0.1) is 12.7 Å². The van der Waals surface area contributed by atoms with Crippen molar-refractivity contribution >= 4 is 11.7 Å². The highest BCUT2D eigenvalue weighted by Crippen LogP contribution is 2.26. The van der Waals surface area contributed by atoms with Crippen molar-refractivity contribution in [3.63, 3.8) is 0 Å². The second-order valence-corrected chi connectivity index (χ2v) is 4.92. The molecule has 104 valence electrons. The molecule has 0 radical (unpaired) electrons. The van der Waals surface area contributed by atoms with Gasteiger partial charge in [-0.15, -0.1) is 0 Å². The van der Waals surface area contributed by atoms with Crippen molar-refractivity contribution in [3.8, 4) is 11.1 Å². The molecule has 0 aliphatic carbocycles. The molecule has 0 fully saturated rings. The summed E-state index contributed by atoms with van der Waals surface area (Å²) in [5.74, 6) is -0.326. The fourth-order valence-electron chi connectivity index (χ4n) is 2.07. The summed E-state index contributed by atoms with van der Waals surface area (Å²) in [7, 11) is 1.40. The Morgan fingerprint density at radius 1 is 1.05 bits per heavy atom. The molecule has 20 heavy (non-hydrogen) atoms. The number of rotatable bonds is 4. The number of benzene rings is 2. The molecule has 3 heteroatoms. The Bertz CT molecular complexity index is 591. The van der Waals surface area contributed by atoms with Crippen molar-refractivity contribution in [2.45, 2.75) is 19.9 Å². The molecule has 1 N–H and O–H groups in total. The molecule has 0 heterocycles. The Morgan fingerprint density at radius 2 is 1.75 bits per heavy atom. The lowest BCUT2D eigenvalue weighted by atomic mass is 10.0. The van der Waals surface area contributed by atoms with Gasteiger partial charge < -0.3 is 10.1 Å². The van der Waals surface area contributed by atoms with E-state index in [1.165, 1.54) is 7.11 Å². The highest BCUT2D eigenvalue weighted by atomic mass is 16.5. The zero-order chi connectivity index (χ0) is 14.5. The predicted octanol–water partition coefficient (Wildman–Crippen LogP) is 3.96. The SMILES string of the molecule is COC(=O)c1ccc(-c2ccccc2)cc1NC(C)C. The first-order chi connectivity index (χ1) is 9.61. The van der Waals surface area contributed by atoms with E-state index in [1.807, 2.05) is 56.3 Å². The lowest BCUT2D eigenvalue weighted by molar-refractivity contribution is 0.0602. The maximum atomic E-state index is 11.8. The quantitative estimate of drug-likeness (QED) is 0.854. The van der Waals surface area contributed by atoms with E-state index in [9.17, 15) is 4.79 Å². The maximum absolute atomic E-state index is 11.8. The van der Waals surface area contributed by atoms with E-state index in [1.54, 1.807) is 6.07 Å². The molecular weight excluding hydrogens is 250 g/mol. The van der Waals surface area contributed by atoms with Crippen molar-refractivity contribution < 1.29 is 9.53 Å². The van der Waals surface area contributed by atoms with Crippen LogP contribution in [0.5, 0.6) is 0 Å². The number of carbonyl (C=O) groups excluding carboxylic acids is 1. The second-order valence-electron chi connectivity index (χ2n) is 4.92. The van der Waals surface area contributed by atoms with Crippen LogP contribution in [0.1, 0.15) is 24.2 Å². The summed E-state index contributed by atoms with van der Waals surface area (Å²) in [6.45, 7) is 4.08. The average Bonchev–Trinajstić information content (AvgIpc) is 2.46. The first-order valence-electron chi connectivity index (χ1n) is 6.66. The molecule has 0 atom stereocenters. The van der Waals surface area contributed by atoms with E-state index in [-0.39, 0.29) is 12.0 Å². The van der Waals surface area contributed by atoms with Crippen LogP contribution in [0.3, 0.4) is 0 Å². The van der Waals surface area contributed by atoms with Crippen molar-refractivity contribution in [3.05, 3.63) is 54.1 Å². The first-order valence-corrected chi connectivity index (χ1v) is 6.66. The average molecular weight is 269 g/mol. The maximum Gasteiger partial charge on any atom is 0.339 e. The lowest BCUT2D eigenvalue weighted by Crippen LogP contribution is -2.14. The fourth-order valence-corrected chi connectivity index (χ4v) is 2.07. The smallest absolute Gasteiger partial charge is 0.339 e. The van der Waals surface area contributed by atoms with Crippen molar-refractivity contribution in [1.82, 2.24) is 0 Å². The van der Waals surface area contributed by atoms with E-state index in [4.69, 9.17) is 4.74 Å². The van der Waals surface area contributed by atoms with E-state index >= 15 is 0 Å². The van der Waals surface area contributed by atoms with Gasteiger partial charge in [0.1, 0.15) is 0 Å². The zero-order valence-electron chi connectivity index (χ0n) is 12.0. The third-order valence-corrected chi connectivity index (χ3v) is 2.98. The second kappa shape index (κ2) is 6.24. The Balaban J connectivity index is 2.45. The van der Waals surface area contributed by atoms with Gasteiger partial charge in [0.2, 0.25) is 0 Å². The Morgan fingerprint density at radius 3 is 2.35 bits per heavy atom. The van der Waals surface area contributed by atoms with Crippen LogP contribution >= 0.6 is 0 Å². The van der Waals surface area contributed by atoms with E-state index in [0.29, 0.717) is 5.56 Å². The topological polar surface area (TPSA) is 38.3 Å². The van der Waals surface area contributed by atoms with Crippen LogP contribution < -0.4 is 5.32 Å². The highest BCUT2D eigenvalue weighted by Gasteiger charge is 2.13. The van der Waals surface area contributed by atoms with Gasteiger partial charge in [-0.2, -0.15) is 0 Å². The first kappa shape index (κ1) is 14.1. The van der Waals surface area contributed by atoms with Gasteiger partial charge in [-0.25, -0.2) is 4.79 Å². The standard InChI is InChI=1S/C17H19NO2/c1-12(2)18-16-11-14(13-7-5-4-6-8-13)9-10-15(16)17(19)20-3/h4-12,18H,1-3H3. The Hall–Kier alpha value is -2.29. The molecule has 2 aromatic rings. The minimum atomic E-state index is -0.326. The van der Waals surface area contributed by atoms with Crippen LogP contribution in [0.2, 0.25) is 0 Å². The summed E-state index contributed by atoms with van der Waals surface area (Å²) in [5.41, 5.74) is 3.55. The van der Waals surface area contributed by atoms with Gasteiger partial charge in [-0.05, 0) is 37.1 Å². The minimum absolute atomic E-state index is 0.240. The number of anilines is 1. The van der Waals surface area contributed by atoms with Crippen LogP contribution in [-0.2, 0) is 4.74 Å². The Kier molecular flexibility index (Phi) is 4.41. The molecule has 0 saturated heterocycles. The summed E-state index contributed by atoms with van der Waals surface area (Å²) in [6.07, 6.45) is 0. The van der Waals surface area contributed by atoms with Gasteiger partial charge in [-0.3, -0.25) is 0 Å². The predicted molar refractivity (Wildman–Crippen MR) is 82.0 cm³/mol. The molecule has 2 rings (SSSR count). The number of hydrogen-bond donors (Lipinski definition) is 1. The molecule has 0 aromatic heterocycles. The third-order valence-electron chi connectivity index (χ3n) is 2.98. The van der Waals surface area contributed by atoms with Crippen LogP contribution in [-0.4, -0.2) is 19.1 Å². The van der Waals surface area contributed by atoms with Crippen molar-refractivity contribution in [2.75, 3.05) is 12.4 Å². The number of esters is 1. The molecule has 3 nitrogen and oxygen atoms in total. The molecule has 0 spiro atoms. The molecule has 0 aliphatic heterocycles. The molecule has 0 saturated carbocycles. The van der Waals surface area contributed by atoms with Crippen LogP contribution in [0.15, 0.2) is 48.5 Å². The summed E-state index contributed by atoms with van der Waals surface area (Å²) in [6, 6.07) is 16.0. The zero-order valence-corrected chi connectivity index (χ0v) is 12.0. The monoisotopic (exact) mass is 269 g/mol. The summed E-state index contributed by atoms with van der Waals surface area (Å²) in [4.78, 5) is 11.8. The summed E-state index contributed by atoms with van der Waals surface area (Å²) >= 11 is 0. The van der Waals surface area contributed by atoms with Gasteiger partial charge in [0.25, 0.3) is 0 Å². The minimum Gasteiger partial charge on any atom is -0.465 e. The molecule has 0 bridgehead atoms. The number of hydrogen-bond acceptors (Lipinski definition) is 3. The number of nitrogens with one attached hydrogen (secondary N) is 1. The van der Waals surface area contributed by atoms with Gasteiger partial charge in [0.15, 0.2) is 0 Å². The summed E-state index contributed by atoms with van der Waals surface area (Å²) in [5, 5.41) is 3.30. The third kappa shape index (κ3) is 3.18. The van der Waals surface area contributed by atoms with E-state index < -0.39 is 0 Å². The molecular formula is C17H19NO2. The molecule has 0 amide bonds. The lowest BCUT2D eigenvalue weighted by Gasteiger charge is -2.15. The van der Waals surface area contributed by atoms with Crippen molar-refractivity contribution in [2.24, 2.45) is 0 Å². The highest BCUT2D eigenvalue weighted by molar-refractivity contribution is 5.96. The number of ether oxygens (including phenoxy) is 1. The van der Waals surface area contributed by atoms with Crippen molar-refractivity contribution in [1.29, 1.82) is 0 Å². The van der Waals surface area contributed by atoms with Crippen LogP contribution in [0.4, 0.5) is 5.69 Å². The number of methoxy groups -OCH3 is 1. The Labute approximate surface area is 119 Å². The van der Waals surface area contributed by atoms with Gasteiger partial charge >= 0.3 is 5.97 Å². The number of carbonyl (C=O) groups is 1. The van der Waals surface area contributed by atoms with E-state index in [2.05, 4.69) is 5.32 Å². The summed E-state index contributed by atoms with van der Waals surface area (Å²) < 4.78 is 4.83. The largest absolute Gasteiger partial charge is 0.465 e. The normalized spacial score (nSPS) is 10.4. The molecule has 0 aliphatic rings. The molecule has 2 aromatic carbocycles.